The van der Waals surface area contributed by atoms with Gasteiger partial charge in [-0.3, -0.25) is 14.7 Å². The lowest BCUT2D eigenvalue weighted by Gasteiger charge is -2.21. The van der Waals surface area contributed by atoms with E-state index in [4.69, 9.17) is 0 Å². The molecule has 1 fully saturated rings. The number of carbonyl (C=O) groups is 1. The number of likely N-dealkylation sites (tertiary alicyclic amines) is 1. The van der Waals surface area contributed by atoms with Gasteiger partial charge in [0.25, 0.3) is 5.91 Å². The smallest absolute Gasteiger partial charge is 0.272 e. The Balaban J connectivity index is 1.55. The Labute approximate surface area is 142 Å². The van der Waals surface area contributed by atoms with Crippen LogP contribution in [-0.4, -0.2) is 49.9 Å². The Morgan fingerprint density at radius 3 is 2.71 bits per heavy atom. The van der Waals surface area contributed by atoms with Crippen molar-refractivity contribution in [3.05, 3.63) is 47.8 Å². The minimum absolute atomic E-state index is 0.0115. The number of amides is 1. The summed E-state index contributed by atoms with van der Waals surface area (Å²) in [5.41, 5.74) is 2.83. The van der Waals surface area contributed by atoms with Crippen LogP contribution in [0.5, 0.6) is 0 Å². The van der Waals surface area contributed by atoms with Crippen molar-refractivity contribution in [1.29, 1.82) is 0 Å². The SMILES string of the molecule is O=C(c1ccccn1)N1CCCn2cnc(CN3CCCC3)c2C1. The van der Waals surface area contributed by atoms with Gasteiger partial charge in [-0.2, -0.15) is 0 Å². The highest BCUT2D eigenvalue weighted by Gasteiger charge is 2.24. The summed E-state index contributed by atoms with van der Waals surface area (Å²) < 4.78 is 2.22. The van der Waals surface area contributed by atoms with Gasteiger partial charge in [-0.15, -0.1) is 0 Å². The first kappa shape index (κ1) is 15.3. The summed E-state index contributed by atoms with van der Waals surface area (Å²) in [5, 5.41) is 0. The molecule has 6 heteroatoms. The van der Waals surface area contributed by atoms with Crippen LogP contribution in [0.1, 0.15) is 41.1 Å². The molecular formula is C18H23N5O. The maximum atomic E-state index is 12.8. The Bertz CT molecular complexity index is 705. The lowest BCUT2D eigenvalue weighted by molar-refractivity contribution is 0.0739. The number of pyridine rings is 1. The second kappa shape index (κ2) is 6.73. The lowest BCUT2D eigenvalue weighted by Crippen LogP contribution is -2.32. The zero-order valence-electron chi connectivity index (χ0n) is 13.9. The summed E-state index contributed by atoms with van der Waals surface area (Å²) in [5.74, 6) is 0.0115. The Morgan fingerprint density at radius 1 is 1.04 bits per heavy atom. The maximum Gasteiger partial charge on any atom is 0.272 e. The molecule has 0 unspecified atom stereocenters. The van der Waals surface area contributed by atoms with E-state index in [2.05, 4.69) is 19.4 Å². The third-order valence-corrected chi connectivity index (χ3v) is 4.94. The molecule has 0 atom stereocenters. The van der Waals surface area contributed by atoms with E-state index in [1.165, 1.54) is 18.5 Å². The zero-order valence-corrected chi connectivity index (χ0v) is 13.9. The first-order chi connectivity index (χ1) is 11.8. The molecule has 0 radical (unpaired) electrons. The predicted octanol–water partition coefficient (Wildman–Crippen LogP) is 1.92. The molecule has 0 spiro atoms. The molecule has 126 valence electrons. The maximum absolute atomic E-state index is 12.8. The van der Waals surface area contributed by atoms with E-state index >= 15 is 0 Å². The first-order valence-electron chi connectivity index (χ1n) is 8.77. The van der Waals surface area contributed by atoms with Crippen LogP contribution < -0.4 is 0 Å². The van der Waals surface area contributed by atoms with E-state index in [1.54, 1.807) is 12.3 Å². The quantitative estimate of drug-likeness (QED) is 0.865. The van der Waals surface area contributed by atoms with Gasteiger partial charge >= 0.3 is 0 Å². The van der Waals surface area contributed by atoms with Crippen LogP contribution >= 0.6 is 0 Å². The molecule has 2 aliphatic heterocycles. The molecule has 2 aliphatic rings. The molecule has 0 aromatic carbocycles. The fourth-order valence-electron chi connectivity index (χ4n) is 3.63. The third-order valence-electron chi connectivity index (χ3n) is 4.94. The average Bonchev–Trinajstić information content (AvgIpc) is 3.20. The standard InChI is InChI=1S/C18H23N5O/c24-18(15-6-1-2-7-19-15)22-10-5-11-23-14-20-16(17(23)13-22)12-21-8-3-4-9-21/h1-2,6-7,14H,3-5,8-13H2. The molecule has 0 aliphatic carbocycles. The molecule has 2 aromatic rings. The van der Waals surface area contributed by atoms with Crippen LogP contribution in [0.3, 0.4) is 0 Å². The summed E-state index contributed by atoms with van der Waals surface area (Å²) >= 11 is 0. The van der Waals surface area contributed by atoms with Crippen LogP contribution in [0.4, 0.5) is 0 Å². The third kappa shape index (κ3) is 3.06. The summed E-state index contributed by atoms with van der Waals surface area (Å²) in [6, 6.07) is 5.49. The first-order valence-corrected chi connectivity index (χ1v) is 8.77. The van der Waals surface area contributed by atoms with Crippen molar-refractivity contribution in [1.82, 2.24) is 24.3 Å². The van der Waals surface area contributed by atoms with Crippen LogP contribution in [0.25, 0.3) is 0 Å². The number of hydrogen-bond acceptors (Lipinski definition) is 4. The fraction of sp³-hybridized carbons (Fsp3) is 0.500. The van der Waals surface area contributed by atoms with E-state index in [1.807, 2.05) is 23.4 Å². The molecule has 0 N–H and O–H groups in total. The van der Waals surface area contributed by atoms with E-state index in [0.29, 0.717) is 12.2 Å². The largest absolute Gasteiger partial charge is 0.333 e. The molecule has 0 saturated carbocycles. The lowest BCUT2D eigenvalue weighted by atomic mass is 10.2. The monoisotopic (exact) mass is 325 g/mol. The minimum Gasteiger partial charge on any atom is -0.333 e. The summed E-state index contributed by atoms with van der Waals surface area (Å²) in [6.07, 6.45) is 7.12. The van der Waals surface area contributed by atoms with Crippen molar-refractivity contribution < 1.29 is 4.79 Å². The molecular weight excluding hydrogens is 302 g/mol. The van der Waals surface area contributed by atoms with Gasteiger partial charge in [0.2, 0.25) is 0 Å². The van der Waals surface area contributed by atoms with Gasteiger partial charge in [-0.25, -0.2) is 4.98 Å². The molecule has 4 rings (SSSR count). The molecule has 1 saturated heterocycles. The van der Waals surface area contributed by atoms with Gasteiger partial charge in [-0.05, 0) is 44.5 Å². The molecule has 1 amide bonds. The topological polar surface area (TPSA) is 54.3 Å². The normalized spacial score (nSPS) is 18.4. The number of fused-ring (bicyclic) bond motifs is 1. The van der Waals surface area contributed by atoms with Crippen molar-refractivity contribution in [3.8, 4) is 0 Å². The van der Waals surface area contributed by atoms with Gasteiger partial charge in [-0.1, -0.05) is 6.07 Å². The Kier molecular flexibility index (Phi) is 4.30. The van der Waals surface area contributed by atoms with E-state index < -0.39 is 0 Å². The number of carbonyl (C=O) groups excluding carboxylic acids is 1. The number of aromatic nitrogens is 3. The Hall–Kier alpha value is -2.21. The van der Waals surface area contributed by atoms with Gasteiger partial charge in [0.1, 0.15) is 5.69 Å². The van der Waals surface area contributed by atoms with Crippen LogP contribution in [0.15, 0.2) is 30.7 Å². The predicted molar refractivity (Wildman–Crippen MR) is 90.3 cm³/mol. The van der Waals surface area contributed by atoms with Gasteiger partial charge in [0, 0.05) is 25.8 Å². The summed E-state index contributed by atoms with van der Waals surface area (Å²) in [6.45, 7) is 5.52. The average molecular weight is 325 g/mol. The van der Waals surface area contributed by atoms with Gasteiger partial charge < -0.3 is 9.47 Å². The molecule has 2 aromatic heterocycles. The van der Waals surface area contributed by atoms with E-state index in [9.17, 15) is 4.79 Å². The molecule has 6 nitrogen and oxygen atoms in total. The highest BCUT2D eigenvalue weighted by atomic mass is 16.2. The zero-order chi connectivity index (χ0) is 16.4. The van der Waals surface area contributed by atoms with Gasteiger partial charge in [0.05, 0.1) is 24.3 Å². The number of hydrogen-bond donors (Lipinski definition) is 0. The fourth-order valence-corrected chi connectivity index (χ4v) is 3.63. The second-order valence-electron chi connectivity index (χ2n) is 6.61. The summed E-state index contributed by atoms with van der Waals surface area (Å²) in [7, 11) is 0. The number of imidazole rings is 1. The number of nitrogens with zero attached hydrogens (tertiary/aromatic N) is 5. The van der Waals surface area contributed by atoms with Gasteiger partial charge in [0.15, 0.2) is 0 Å². The number of aryl methyl sites for hydroxylation is 1. The second-order valence-corrected chi connectivity index (χ2v) is 6.61. The van der Waals surface area contributed by atoms with Crippen LogP contribution in [-0.2, 0) is 19.6 Å². The van der Waals surface area contributed by atoms with Crippen molar-refractivity contribution in [2.75, 3.05) is 19.6 Å². The van der Waals surface area contributed by atoms with E-state index in [0.717, 1.165) is 44.8 Å². The Morgan fingerprint density at radius 2 is 1.92 bits per heavy atom. The molecule has 4 heterocycles. The van der Waals surface area contributed by atoms with Crippen molar-refractivity contribution in [2.24, 2.45) is 0 Å². The molecule has 0 bridgehead atoms. The summed E-state index contributed by atoms with van der Waals surface area (Å²) in [4.78, 5) is 26.0. The minimum atomic E-state index is 0.0115. The highest BCUT2D eigenvalue weighted by Crippen LogP contribution is 2.20. The highest BCUT2D eigenvalue weighted by molar-refractivity contribution is 5.92. The van der Waals surface area contributed by atoms with Crippen molar-refractivity contribution >= 4 is 5.91 Å². The van der Waals surface area contributed by atoms with Crippen molar-refractivity contribution in [3.63, 3.8) is 0 Å². The number of rotatable bonds is 3. The van der Waals surface area contributed by atoms with Crippen LogP contribution in [0.2, 0.25) is 0 Å². The van der Waals surface area contributed by atoms with Crippen molar-refractivity contribution in [2.45, 2.75) is 38.9 Å². The molecule has 24 heavy (non-hydrogen) atoms. The van der Waals surface area contributed by atoms with E-state index in [-0.39, 0.29) is 5.91 Å². The van der Waals surface area contributed by atoms with Crippen LogP contribution in [0, 0.1) is 0 Å².